The summed E-state index contributed by atoms with van der Waals surface area (Å²) in [5.41, 5.74) is 4.80. The molecule has 2 N–H and O–H groups in total. The number of nitrogens with one attached hydrogen (secondary N) is 2. The fourth-order valence-electron chi connectivity index (χ4n) is 3.58. The van der Waals surface area contributed by atoms with Crippen LogP contribution in [0, 0.1) is 0 Å². The van der Waals surface area contributed by atoms with Crippen LogP contribution in [-0.4, -0.2) is 67.6 Å². The van der Waals surface area contributed by atoms with Crippen LogP contribution in [0.3, 0.4) is 0 Å². The third kappa shape index (κ3) is 7.17. The Balaban J connectivity index is 1.28. The van der Waals surface area contributed by atoms with E-state index < -0.39 is 6.09 Å². The molecule has 0 aliphatic heterocycles. The highest BCUT2D eigenvalue weighted by Gasteiger charge is 2.28. The summed E-state index contributed by atoms with van der Waals surface area (Å²) in [4.78, 5) is 36.3. The van der Waals surface area contributed by atoms with Gasteiger partial charge in [-0.2, -0.15) is 0 Å². The molecule has 0 aromatic heterocycles. The third-order valence-electron chi connectivity index (χ3n) is 5.31. The van der Waals surface area contributed by atoms with Crippen molar-refractivity contribution >= 4 is 39.5 Å². The molecule has 0 radical (unpaired) electrons. The van der Waals surface area contributed by atoms with Crippen LogP contribution in [0.1, 0.15) is 24.0 Å². The quantitative estimate of drug-likeness (QED) is 0.373. The lowest BCUT2D eigenvalue weighted by Gasteiger charge is -2.14. The maximum atomic E-state index is 12.1. The second kappa shape index (κ2) is 12.6. The number of benzene rings is 2. The molecule has 2 aromatic carbocycles. The zero-order valence-corrected chi connectivity index (χ0v) is 20.5. The number of hydrogen-bond donors (Lipinski definition) is 2. The van der Waals surface area contributed by atoms with Gasteiger partial charge in [-0.3, -0.25) is 9.59 Å². The molecule has 0 atom stereocenters. The molecule has 0 heterocycles. The van der Waals surface area contributed by atoms with Crippen molar-refractivity contribution in [1.82, 2.24) is 15.5 Å². The van der Waals surface area contributed by atoms with Gasteiger partial charge < -0.3 is 20.3 Å². The fourth-order valence-corrected chi connectivity index (χ4v) is 5.39. The number of nitrogens with zero attached hydrogens (tertiary/aromatic N) is 1. The lowest BCUT2D eigenvalue weighted by atomic mass is 9.98. The van der Waals surface area contributed by atoms with Gasteiger partial charge in [0.15, 0.2) is 0 Å². The molecule has 2 aromatic rings. The Hall–Kier alpha value is -2.65. The molecule has 0 saturated heterocycles. The van der Waals surface area contributed by atoms with E-state index in [0.29, 0.717) is 19.7 Å². The summed E-state index contributed by atoms with van der Waals surface area (Å²) < 4.78 is 5.52. The number of fused-ring (bicyclic) bond motifs is 3. The Labute approximate surface area is 202 Å². The van der Waals surface area contributed by atoms with Crippen LogP contribution < -0.4 is 10.6 Å². The number of rotatable bonds is 11. The Bertz CT molecular complexity index is 940. The van der Waals surface area contributed by atoms with Crippen LogP contribution in [0.4, 0.5) is 4.79 Å². The van der Waals surface area contributed by atoms with Crippen molar-refractivity contribution in [2.45, 2.75) is 12.8 Å². The molecule has 0 fully saturated rings. The Morgan fingerprint density at radius 1 is 0.909 bits per heavy atom. The van der Waals surface area contributed by atoms with Crippen LogP contribution in [0.5, 0.6) is 0 Å². The molecule has 33 heavy (non-hydrogen) atoms. The number of ether oxygens (including phenoxy) is 1. The summed E-state index contributed by atoms with van der Waals surface area (Å²) in [6.07, 6.45) is -0.413. The van der Waals surface area contributed by atoms with Crippen molar-refractivity contribution in [1.29, 1.82) is 0 Å². The fraction of sp³-hybridized carbons (Fsp3) is 0.375. The third-order valence-corrected chi connectivity index (χ3v) is 7.72. The van der Waals surface area contributed by atoms with Crippen molar-refractivity contribution in [3.8, 4) is 11.1 Å². The van der Waals surface area contributed by atoms with Gasteiger partial charge in [0.05, 0.1) is 6.54 Å². The highest BCUT2D eigenvalue weighted by Crippen LogP contribution is 2.44. The number of carbonyl (C=O) groups is 3. The van der Waals surface area contributed by atoms with E-state index in [0.717, 1.165) is 11.5 Å². The van der Waals surface area contributed by atoms with Crippen molar-refractivity contribution in [2.24, 2.45) is 0 Å². The van der Waals surface area contributed by atoms with Gasteiger partial charge in [0, 0.05) is 44.5 Å². The molecule has 176 valence electrons. The molecule has 3 amide bonds. The van der Waals surface area contributed by atoms with Crippen LogP contribution in [-0.2, 0) is 14.3 Å². The van der Waals surface area contributed by atoms with Crippen LogP contribution >= 0.6 is 21.6 Å². The maximum absolute atomic E-state index is 12.1. The largest absolute Gasteiger partial charge is 0.449 e. The van der Waals surface area contributed by atoms with Gasteiger partial charge in [0.1, 0.15) is 6.61 Å². The van der Waals surface area contributed by atoms with Gasteiger partial charge in [-0.25, -0.2) is 4.79 Å². The first-order valence-electron chi connectivity index (χ1n) is 10.8. The maximum Gasteiger partial charge on any atom is 0.407 e. The van der Waals surface area contributed by atoms with Gasteiger partial charge in [-0.15, -0.1) is 0 Å². The van der Waals surface area contributed by atoms with E-state index in [-0.39, 0.29) is 24.3 Å². The van der Waals surface area contributed by atoms with Crippen molar-refractivity contribution in [3.63, 3.8) is 0 Å². The predicted molar refractivity (Wildman–Crippen MR) is 134 cm³/mol. The molecule has 9 heteroatoms. The zero-order chi connectivity index (χ0) is 23.6. The normalized spacial score (nSPS) is 11.9. The number of carbonyl (C=O) groups excluding carboxylic acids is 3. The highest BCUT2D eigenvalue weighted by molar-refractivity contribution is 8.76. The van der Waals surface area contributed by atoms with E-state index in [9.17, 15) is 14.4 Å². The zero-order valence-electron chi connectivity index (χ0n) is 18.8. The number of hydrogen-bond acceptors (Lipinski definition) is 6. The SMILES string of the molecule is CC(=O)N(C)CC(=O)NCCSSCCNC(=O)OCC1c2ccccc2-c2ccccc21. The van der Waals surface area contributed by atoms with Gasteiger partial charge in [0.25, 0.3) is 0 Å². The minimum Gasteiger partial charge on any atom is -0.449 e. The molecular formula is C24H29N3O4S2. The summed E-state index contributed by atoms with van der Waals surface area (Å²) in [6, 6.07) is 16.5. The smallest absolute Gasteiger partial charge is 0.407 e. The van der Waals surface area contributed by atoms with Gasteiger partial charge in [-0.05, 0) is 22.3 Å². The summed E-state index contributed by atoms with van der Waals surface area (Å²) >= 11 is 0. The number of amides is 3. The molecule has 3 rings (SSSR count). The first kappa shape index (κ1) is 25.0. The van der Waals surface area contributed by atoms with Gasteiger partial charge >= 0.3 is 6.09 Å². The average Bonchev–Trinajstić information content (AvgIpc) is 3.13. The second-order valence-corrected chi connectivity index (χ2v) is 10.3. The lowest BCUT2D eigenvalue weighted by molar-refractivity contribution is -0.133. The number of alkyl carbamates (subject to hydrolysis) is 1. The summed E-state index contributed by atoms with van der Waals surface area (Å²) in [7, 11) is 4.83. The van der Waals surface area contributed by atoms with Crippen LogP contribution in [0.2, 0.25) is 0 Å². The van der Waals surface area contributed by atoms with Crippen LogP contribution in [0.25, 0.3) is 11.1 Å². The minimum atomic E-state index is -0.413. The first-order valence-corrected chi connectivity index (χ1v) is 13.3. The molecule has 0 saturated carbocycles. The monoisotopic (exact) mass is 487 g/mol. The predicted octanol–water partition coefficient (Wildman–Crippen LogP) is 3.50. The molecule has 0 bridgehead atoms. The van der Waals surface area contributed by atoms with E-state index >= 15 is 0 Å². The Morgan fingerprint density at radius 2 is 1.45 bits per heavy atom. The first-order chi connectivity index (χ1) is 16.0. The van der Waals surface area contributed by atoms with Crippen molar-refractivity contribution < 1.29 is 19.1 Å². The topological polar surface area (TPSA) is 87.7 Å². The van der Waals surface area contributed by atoms with Gasteiger partial charge in [-0.1, -0.05) is 70.1 Å². The lowest BCUT2D eigenvalue weighted by Crippen LogP contribution is -2.38. The van der Waals surface area contributed by atoms with Crippen molar-refractivity contribution in [2.75, 3.05) is 44.8 Å². The number of likely N-dealkylation sites (N-methyl/N-ethyl adjacent to an activating group) is 1. The molecule has 7 nitrogen and oxygen atoms in total. The Kier molecular flexibility index (Phi) is 9.50. The molecule has 0 unspecified atom stereocenters. The van der Waals surface area contributed by atoms with Gasteiger partial charge in [0.2, 0.25) is 11.8 Å². The molecule has 0 spiro atoms. The van der Waals surface area contributed by atoms with E-state index in [1.54, 1.807) is 28.6 Å². The second-order valence-electron chi connectivity index (χ2n) is 7.62. The summed E-state index contributed by atoms with van der Waals surface area (Å²) in [5.74, 6) is 1.22. The molecule has 1 aliphatic rings. The molecular weight excluding hydrogens is 458 g/mol. The summed E-state index contributed by atoms with van der Waals surface area (Å²) in [5, 5.41) is 5.57. The van der Waals surface area contributed by atoms with E-state index in [1.807, 2.05) is 24.3 Å². The van der Waals surface area contributed by atoms with E-state index in [1.165, 1.54) is 34.1 Å². The van der Waals surface area contributed by atoms with E-state index in [2.05, 4.69) is 34.9 Å². The highest BCUT2D eigenvalue weighted by atomic mass is 33.1. The van der Waals surface area contributed by atoms with Crippen LogP contribution in [0.15, 0.2) is 48.5 Å². The van der Waals surface area contributed by atoms with E-state index in [4.69, 9.17) is 4.74 Å². The minimum absolute atomic E-state index is 0.0542. The summed E-state index contributed by atoms with van der Waals surface area (Å²) in [6.45, 7) is 2.83. The average molecular weight is 488 g/mol. The standard InChI is InChI=1S/C24H29N3O4S2/c1-17(28)27(2)15-23(29)25-11-13-32-33-14-12-26-24(30)31-16-22-20-9-5-3-7-18(20)19-8-4-6-10-21(19)22/h3-10,22H,11-16H2,1-2H3,(H,25,29)(H,26,30). The van der Waals surface area contributed by atoms with Crippen molar-refractivity contribution in [3.05, 3.63) is 59.7 Å². The molecule has 1 aliphatic carbocycles. The Morgan fingerprint density at radius 3 is 2.03 bits per heavy atom.